The molecule has 84 valence electrons. The first-order chi connectivity index (χ1) is 7.75. The first-order valence-corrected chi connectivity index (χ1v) is 5.92. The third-order valence-corrected chi connectivity index (χ3v) is 3.37. The van der Waals surface area contributed by atoms with Crippen molar-refractivity contribution in [3.8, 4) is 0 Å². The molecule has 1 saturated carbocycles. The van der Waals surface area contributed by atoms with Gasteiger partial charge >= 0.3 is 0 Å². The van der Waals surface area contributed by atoms with Crippen LogP contribution in [0.4, 0.5) is 11.4 Å². The summed E-state index contributed by atoms with van der Waals surface area (Å²) in [5, 5.41) is 3.00. The van der Waals surface area contributed by atoms with Gasteiger partial charge in [0.25, 0.3) is 0 Å². The lowest BCUT2D eigenvalue weighted by atomic mass is 10.1. The number of hydrogen-bond donors (Lipinski definition) is 1. The molecule has 3 rings (SSSR count). The van der Waals surface area contributed by atoms with E-state index in [1.807, 2.05) is 12.1 Å². The van der Waals surface area contributed by atoms with Crippen molar-refractivity contribution in [2.45, 2.75) is 32.2 Å². The first-order valence-electron chi connectivity index (χ1n) is 5.92. The third-order valence-electron chi connectivity index (χ3n) is 3.37. The van der Waals surface area contributed by atoms with Crippen molar-refractivity contribution < 1.29 is 4.79 Å². The van der Waals surface area contributed by atoms with Crippen molar-refractivity contribution in [1.29, 1.82) is 0 Å². The smallest absolute Gasteiger partial charge is 0.226 e. The van der Waals surface area contributed by atoms with Gasteiger partial charge in [0.15, 0.2) is 0 Å². The van der Waals surface area contributed by atoms with Crippen LogP contribution in [0.25, 0.3) is 0 Å². The standard InChI is InChI=1S/C13H16N2O/c1-9-3-2-4-11-13(9)15(10-5-6-10)8-7-12(16)14-11/h2-4,10H,5-8H2,1H3,(H,14,16). The van der Waals surface area contributed by atoms with Crippen molar-refractivity contribution in [2.24, 2.45) is 0 Å². The van der Waals surface area contributed by atoms with Crippen LogP contribution in [0.1, 0.15) is 24.8 Å². The molecule has 0 atom stereocenters. The summed E-state index contributed by atoms with van der Waals surface area (Å²) in [7, 11) is 0. The van der Waals surface area contributed by atoms with Crippen LogP contribution in [0.5, 0.6) is 0 Å². The molecule has 1 aliphatic carbocycles. The van der Waals surface area contributed by atoms with Crippen LogP contribution >= 0.6 is 0 Å². The minimum absolute atomic E-state index is 0.134. The summed E-state index contributed by atoms with van der Waals surface area (Å²) in [6.45, 7) is 2.97. The van der Waals surface area contributed by atoms with Gasteiger partial charge < -0.3 is 10.2 Å². The van der Waals surface area contributed by atoms with Crippen LogP contribution < -0.4 is 10.2 Å². The zero-order valence-corrected chi connectivity index (χ0v) is 9.49. The average Bonchev–Trinajstić information content (AvgIpc) is 3.04. The van der Waals surface area contributed by atoms with E-state index in [-0.39, 0.29) is 5.91 Å². The van der Waals surface area contributed by atoms with E-state index in [0.717, 1.165) is 12.2 Å². The predicted octanol–water partition coefficient (Wildman–Crippen LogP) is 2.31. The number of hydrogen-bond acceptors (Lipinski definition) is 2. The molecule has 0 saturated heterocycles. The number of rotatable bonds is 1. The number of carbonyl (C=O) groups excluding carboxylic acids is 1. The van der Waals surface area contributed by atoms with Crippen molar-refractivity contribution in [3.63, 3.8) is 0 Å². The fourth-order valence-corrected chi connectivity index (χ4v) is 2.44. The topological polar surface area (TPSA) is 32.3 Å². The number of nitrogens with zero attached hydrogens (tertiary/aromatic N) is 1. The van der Waals surface area contributed by atoms with Gasteiger partial charge in [-0.1, -0.05) is 12.1 Å². The van der Waals surface area contributed by atoms with Gasteiger partial charge in [0.1, 0.15) is 0 Å². The molecule has 0 aromatic heterocycles. The number of anilines is 2. The SMILES string of the molecule is Cc1cccc2c1N(C1CC1)CCC(=O)N2. The molecule has 0 bridgehead atoms. The van der Waals surface area contributed by atoms with Crippen molar-refractivity contribution >= 4 is 17.3 Å². The van der Waals surface area contributed by atoms with E-state index in [0.29, 0.717) is 12.5 Å². The summed E-state index contributed by atoms with van der Waals surface area (Å²) in [6, 6.07) is 6.78. The maximum atomic E-state index is 11.6. The lowest BCUT2D eigenvalue weighted by molar-refractivity contribution is -0.115. The Hall–Kier alpha value is -1.51. The number of benzene rings is 1. The highest BCUT2D eigenvalue weighted by atomic mass is 16.1. The number of carbonyl (C=O) groups is 1. The molecule has 2 aliphatic rings. The Morgan fingerprint density at radius 1 is 1.38 bits per heavy atom. The fourth-order valence-electron chi connectivity index (χ4n) is 2.44. The number of aryl methyl sites for hydroxylation is 1. The zero-order chi connectivity index (χ0) is 11.1. The second-order valence-corrected chi connectivity index (χ2v) is 4.69. The molecule has 1 aromatic carbocycles. The van der Waals surface area contributed by atoms with E-state index in [4.69, 9.17) is 0 Å². The number of nitrogens with one attached hydrogen (secondary N) is 1. The molecule has 1 fully saturated rings. The highest BCUT2D eigenvalue weighted by Crippen LogP contribution is 2.39. The maximum absolute atomic E-state index is 11.6. The summed E-state index contributed by atoms with van der Waals surface area (Å²) < 4.78 is 0. The van der Waals surface area contributed by atoms with E-state index < -0.39 is 0 Å². The summed E-state index contributed by atoms with van der Waals surface area (Å²) in [5.74, 6) is 0.134. The number of fused-ring (bicyclic) bond motifs is 1. The van der Waals surface area contributed by atoms with Crippen molar-refractivity contribution in [1.82, 2.24) is 0 Å². The summed E-state index contributed by atoms with van der Waals surface area (Å²) in [4.78, 5) is 14.0. The fraction of sp³-hybridized carbons (Fsp3) is 0.462. The average molecular weight is 216 g/mol. The first kappa shape index (κ1) is 9.70. The van der Waals surface area contributed by atoms with Crippen LogP contribution in [0.15, 0.2) is 18.2 Å². The number of para-hydroxylation sites is 1. The van der Waals surface area contributed by atoms with Crippen LogP contribution in [0, 0.1) is 6.92 Å². The lowest BCUT2D eigenvalue weighted by Gasteiger charge is -2.25. The van der Waals surface area contributed by atoms with Crippen LogP contribution in [0.3, 0.4) is 0 Å². The Bertz CT molecular complexity index is 438. The molecule has 3 heteroatoms. The molecule has 1 aromatic rings. The zero-order valence-electron chi connectivity index (χ0n) is 9.49. The molecular weight excluding hydrogens is 200 g/mol. The monoisotopic (exact) mass is 216 g/mol. The third kappa shape index (κ3) is 1.56. The molecule has 0 radical (unpaired) electrons. The number of amides is 1. The molecule has 0 unspecified atom stereocenters. The van der Waals surface area contributed by atoms with Gasteiger partial charge in [0.2, 0.25) is 5.91 Å². The van der Waals surface area contributed by atoms with Crippen LogP contribution in [0.2, 0.25) is 0 Å². The Labute approximate surface area is 95.4 Å². The largest absolute Gasteiger partial charge is 0.366 e. The Balaban J connectivity index is 2.08. The van der Waals surface area contributed by atoms with E-state index in [1.54, 1.807) is 0 Å². The molecule has 1 aliphatic heterocycles. The van der Waals surface area contributed by atoms with Gasteiger partial charge in [0, 0.05) is 19.0 Å². The Morgan fingerprint density at radius 3 is 2.94 bits per heavy atom. The molecule has 16 heavy (non-hydrogen) atoms. The summed E-state index contributed by atoms with van der Waals surface area (Å²) >= 11 is 0. The van der Waals surface area contributed by atoms with E-state index >= 15 is 0 Å². The molecule has 0 spiro atoms. The van der Waals surface area contributed by atoms with Gasteiger partial charge in [-0.15, -0.1) is 0 Å². The van der Waals surface area contributed by atoms with Crippen molar-refractivity contribution in [2.75, 3.05) is 16.8 Å². The second-order valence-electron chi connectivity index (χ2n) is 4.69. The minimum Gasteiger partial charge on any atom is -0.366 e. The van der Waals surface area contributed by atoms with E-state index in [1.165, 1.54) is 24.1 Å². The van der Waals surface area contributed by atoms with Gasteiger partial charge in [-0.3, -0.25) is 4.79 Å². The molecular formula is C13H16N2O. The minimum atomic E-state index is 0.134. The molecule has 1 N–H and O–H groups in total. The summed E-state index contributed by atoms with van der Waals surface area (Å²) in [6.07, 6.45) is 3.13. The predicted molar refractivity (Wildman–Crippen MR) is 64.8 cm³/mol. The van der Waals surface area contributed by atoms with Gasteiger partial charge in [-0.2, -0.15) is 0 Å². The van der Waals surface area contributed by atoms with E-state index in [9.17, 15) is 4.79 Å². The van der Waals surface area contributed by atoms with Gasteiger partial charge in [-0.25, -0.2) is 0 Å². The maximum Gasteiger partial charge on any atom is 0.226 e. The van der Waals surface area contributed by atoms with E-state index in [2.05, 4.69) is 23.2 Å². The highest BCUT2D eigenvalue weighted by molar-refractivity contribution is 5.97. The lowest BCUT2D eigenvalue weighted by Crippen LogP contribution is -2.27. The quantitative estimate of drug-likeness (QED) is 0.781. The normalized spacial score (nSPS) is 20.1. The molecule has 3 nitrogen and oxygen atoms in total. The highest BCUT2D eigenvalue weighted by Gasteiger charge is 2.33. The van der Waals surface area contributed by atoms with Crippen molar-refractivity contribution in [3.05, 3.63) is 23.8 Å². The second kappa shape index (κ2) is 3.51. The summed E-state index contributed by atoms with van der Waals surface area (Å²) in [5.41, 5.74) is 3.47. The van der Waals surface area contributed by atoms with Crippen LogP contribution in [-0.4, -0.2) is 18.5 Å². The Morgan fingerprint density at radius 2 is 2.19 bits per heavy atom. The molecule has 1 amide bonds. The van der Waals surface area contributed by atoms with Gasteiger partial charge in [-0.05, 0) is 31.4 Å². The Kier molecular flexibility index (Phi) is 2.13. The van der Waals surface area contributed by atoms with Crippen LogP contribution in [-0.2, 0) is 4.79 Å². The molecule has 1 heterocycles. The van der Waals surface area contributed by atoms with Gasteiger partial charge in [0.05, 0.1) is 11.4 Å².